The molecule has 0 radical (unpaired) electrons. The van der Waals surface area contributed by atoms with Crippen LogP contribution < -0.4 is 20.1 Å². The van der Waals surface area contributed by atoms with Crippen LogP contribution in [-0.2, 0) is 13.1 Å². The predicted octanol–water partition coefficient (Wildman–Crippen LogP) is 2.70. The largest absolute Gasteiger partial charge is 0.497 e. The minimum absolute atomic E-state index is 0.221. The van der Waals surface area contributed by atoms with E-state index < -0.39 is 0 Å². The number of urea groups is 1. The summed E-state index contributed by atoms with van der Waals surface area (Å²) in [5.74, 6) is 1.40. The molecule has 0 aliphatic rings. The zero-order valence-electron chi connectivity index (χ0n) is 12.8. The molecule has 2 amide bonds. The van der Waals surface area contributed by atoms with E-state index in [1.165, 1.54) is 0 Å². The van der Waals surface area contributed by atoms with Crippen LogP contribution in [0.2, 0.25) is 0 Å². The lowest BCUT2D eigenvalue weighted by atomic mass is 10.2. The molecule has 0 saturated heterocycles. The van der Waals surface area contributed by atoms with Gasteiger partial charge in [-0.05, 0) is 17.7 Å². The lowest BCUT2D eigenvalue weighted by Gasteiger charge is -2.12. The Bertz CT molecular complexity index is 615. The Hall–Kier alpha value is -2.69. The summed E-state index contributed by atoms with van der Waals surface area (Å²) in [5, 5.41) is 5.62. The SMILES string of the molecule is COc1ccc(CNC(=O)NCc2ccccc2)c(OC)c1. The summed E-state index contributed by atoms with van der Waals surface area (Å²) in [7, 11) is 3.19. The van der Waals surface area contributed by atoms with Gasteiger partial charge in [0.25, 0.3) is 0 Å². The van der Waals surface area contributed by atoms with Crippen LogP contribution >= 0.6 is 0 Å². The highest BCUT2D eigenvalue weighted by Crippen LogP contribution is 2.24. The van der Waals surface area contributed by atoms with Crippen molar-refractivity contribution in [2.45, 2.75) is 13.1 Å². The number of carbonyl (C=O) groups excluding carboxylic acids is 1. The zero-order chi connectivity index (χ0) is 15.8. The summed E-state index contributed by atoms with van der Waals surface area (Å²) in [4.78, 5) is 11.8. The number of amides is 2. The second kappa shape index (κ2) is 7.93. The van der Waals surface area contributed by atoms with E-state index in [0.29, 0.717) is 24.6 Å². The molecule has 0 saturated carbocycles. The number of benzene rings is 2. The molecule has 0 aliphatic heterocycles. The molecule has 2 aromatic carbocycles. The van der Waals surface area contributed by atoms with Gasteiger partial charge in [0, 0.05) is 24.7 Å². The third-order valence-corrected chi connectivity index (χ3v) is 3.23. The summed E-state index contributed by atoms with van der Waals surface area (Å²) in [5.41, 5.74) is 1.94. The first-order chi connectivity index (χ1) is 10.7. The first-order valence-electron chi connectivity index (χ1n) is 6.99. The van der Waals surface area contributed by atoms with Crippen LogP contribution in [0.5, 0.6) is 11.5 Å². The Kier molecular flexibility index (Phi) is 5.65. The standard InChI is InChI=1S/C17H20N2O3/c1-21-15-9-8-14(16(10-15)22-2)12-19-17(20)18-11-13-6-4-3-5-7-13/h3-10H,11-12H2,1-2H3,(H2,18,19,20). The quantitative estimate of drug-likeness (QED) is 0.862. The number of rotatable bonds is 6. The van der Waals surface area contributed by atoms with Gasteiger partial charge >= 0.3 is 6.03 Å². The Morgan fingerprint density at radius 3 is 2.36 bits per heavy atom. The summed E-state index contributed by atoms with van der Waals surface area (Å²) >= 11 is 0. The van der Waals surface area contributed by atoms with E-state index in [-0.39, 0.29) is 6.03 Å². The maximum Gasteiger partial charge on any atom is 0.315 e. The van der Waals surface area contributed by atoms with Gasteiger partial charge < -0.3 is 20.1 Å². The average Bonchev–Trinajstić information content (AvgIpc) is 2.58. The summed E-state index contributed by atoms with van der Waals surface area (Å²) in [6.45, 7) is 0.875. The third-order valence-electron chi connectivity index (χ3n) is 3.23. The van der Waals surface area contributed by atoms with Crippen molar-refractivity contribution in [3.05, 3.63) is 59.7 Å². The molecule has 0 spiro atoms. The van der Waals surface area contributed by atoms with Crippen LogP contribution in [-0.4, -0.2) is 20.3 Å². The molecule has 2 N–H and O–H groups in total. The van der Waals surface area contributed by atoms with Gasteiger partial charge in [-0.2, -0.15) is 0 Å². The molecule has 0 aromatic heterocycles. The fourth-order valence-corrected chi connectivity index (χ4v) is 2.01. The molecule has 5 nitrogen and oxygen atoms in total. The molecule has 2 rings (SSSR count). The second-order valence-electron chi connectivity index (χ2n) is 4.70. The van der Waals surface area contributed by atoms with Gasteiger partial charge in [-0.25, -0.2) is 4.79 Å². The van der Waals surface area contributed by atoms with Crippen molar-refractivity contribution in [3.63, 3.8) is 0 Å². The normalized spacial score (nSPS) is 9.91. The van der Waals surface area contributed by atoms with E-state index >= 15 is 0 Å². The first kappa shape index (κ1) is 15.7. The molecule has 0 fully saturated rings. The van der Waals surface area contributed by atoms with E-state index in [9.17, 15) is 4.79 Å². The Labute approximate surface area is 130 Å². The molecular weight excluding hydrogens is 280 g/mol. The molecule has 0 heterocycles. The average molecular weight is 300 g/mol. The molecule has 0 atom stereocenters. The van der Waals surface area contributed by atoms with Crippen molar-refractivity contribution in [3.8, 4) is 11.5 Å². The van der Waals surface area contributed by atoms with Gasteiger partial charge in [-0.15, -0.1) is 0 Å². The Morgan fingerprint density at radius 2 is 1.68 bits per heavy atom. The van der Waals surface area contributed by atoms with Crippen LogP contribution in [0, 0.1) is 0 Å². The fraction of sp³-hybridized carbons (Fsp3) is 0.235. The number of carbonyl (C=O) groups is 1. The Balaban J connectivity index is 1.86. The lowest BCUT2D eigenvalue weighted by Crippen LogP contribution is -2.34. The lowest BCUT2D eigenvalue weighted by molar-refractivity contribution is 0.240. The Morgan fingerprint density at radius 1 is 0.955 bits per heavy atom. The molecular formula is C17H20N2O3. The van der Waals surface area contributed by atoms with E-state index in [4.69, 9.17) is 9.47 Å². The van der Waals surface area contributed by atoms with Gasteiger partial charge in [0.05, 0.1) is 14.2 Å². The number of hydrogen-bond acceptors (Lipinski definition) is 3. The van der Waals surface area contributed by atoms with Gasteiger partial charge in [-0.3, -0.25) is 0 Å². The minimum atomic E-state index is -0.221. The van der Waals surface area contributed by atoms with Crippen molar-refractivity contribution in [1.82, 2.24) is 10.6 Å². The summed E-state index contributed by atoms with van der Waals surface area (Å²) in [6, 6.07) is 15.0. The van der Waals surface area contributed by atoms with E-state index in [1.807, 2.05) is 42.5 Å². The minimum Gasteiger partial charge on any atom is -0.497 e. The number of hydrogen-bond donors (Lipinski definition) is 2. The van der Waals surface area contributed by atoms with Crippen LogP contribution in [0.15, 0.2) is 48.5 Å². The molecule has 2 aromatic rings. The highest BCUT2D eigenvalue weighted by Gasteiger charge is 2.07. The van der Waals surface area contributed by atoms with Gasteiger partial charge in [-0.1, -0.05) is 30.3 Å². The molecule has 5 heteroatoms. The molecule has 0 unspecified atom stereocenters. The fourth-order valence-electron chi connectivity index (χ4n) is 2.01. The summed E-state index contributed by atoms with van der Waals surface area (Å²) in [6.07, 6.45) is 0. The van der Waals surface area contributed by atoms with Crippen molar-refractivity contribution < 1.29 is 14.3 Å². The van der Waals surface area contributed by atoms with Crippen LogP contribution in [0.1, 0.15) is 11.1 Å². The molecule has 22 heavy (non-hydrogen) atoms. The van der Waals surface area contributed by atoms with Crippen molar-refractivity contribution >= 4 is 6.03 Å². The van der Waals surface area contributed by atoms with Crippen LogP contribution in [0.25, 0.3) is 0 Å². The summed E-state index contributed by atoms with van der Waals surface area (Å²) < 4.78 is 10.4. The predicted molar refractivity (Wildman–Crippen MR) is 85.1 cm³/mol. The van der Waals surface area contributed by atoms with E-state index in [1.54, 1.807) is 20.3 Å². The zero-order valence-corrected chi connectivity index (χ0v) is 12.8. The third kappa shape index (κ3) is 4.41. The van der Waals surface area contributed by atoms with Crippen molar-refractivity contribution in [1.29, 1.82) is 0 Å². The van der Waals surface area contributed by atoms with E-state index in [0.717, 1.165) is 11.1 Å². The van der Waals surface area contributed by atoms with Crippen LogP contribution in [0.3, 0.4) is 0 Å². The highest BCUT2D eigenvalue weighted by atomic mass is 16.5. The molecule has 0 aliphatic carbocycles. The van der Waals surface area contributed by atoms with Crippen molar-refractivity contribution in [2.24, 2.45) is 0 Å². The second-order valence-corrected chi connectivity index (χ2v) is 4.70. The number of nitrogens with one attached hydrogen (secondary N) is 2. The smallest absolute Gasteiger partial charge is 0.315 e. The van der Waals surface area contributed by atoms with E-state index in [2.05, 4.69) is 10.6 Å². The van der Waals surface area contributed by atoms with Crippen LogP contribution in [0.4, 0.5) is 4.79 Å². The van der Waals surface area contributed by atoms with Gasteiger partial charge in [0.15, 0.2) is 0 Å². The topological polar surface area (TPSA) is 59.6 Å². The number of ether oxygens (including phenoxy) is 2. The van der Waals surface area contributed by atoms with Gasteiger partial charge in [0.1, 0.15) is 11.5 Å². The van der Waals surface area contributed by atoms with Gasteiger partial charge in [0.2, 0.25) is 0 Å². The molecule has 116 valence electrons. The first-order valence-corrected chi connectivity index (χ1v) is 6.99. The highest BCUT2D eigenvalue weighted by molar-refractivity contribution is 5.73. The number of methoxy groups -OCH3 is 2. The van der Waals surface area contributed by atoms with Crippen molar-refractivity contribution in [2.75, 3.05) is 14.2 Å². The maximum absolute atomic E-state index is 11.8. The monoisotopic (exact) mass is 300 g/mol. The maximum atomic E-state index is 11.8. The molecule has 0 bridgehead atoms.